The average molecular weight is 370 g/mol. The molecule has 0 atom stereocenters. The maximum Gasteiger partial charge on any atom is 0.148 e. The molecule has 6 heteroatoms. The molecule has 0 spiro atoms. The SMILES string of the molecule is CCCNc1ncnc(N(C)Cc2ccc(Cl)cc2)c1Br. The number of nitrogens with zero attached hydrogens (tertiary/aromatic N) is 3. The number of nitrogens with one attached hydrogen (secondary N) is 1. The molecule has 1 N–H and O–H groups in total. The third-order valence-electron chi connectivity index (χ3n) is 3.01. The fourth-order valence-corrected chi connectivity index (χ4v) is 2.71. The second kappa shape index (κ2) is 7.61. The van der Waals surface area contributed by atoms with Crippen molar-refractivity contribution in [3.63, 3.8) is 0 Å². The Labute approximate surface area is 138 Å². The van der Waals surface area contributed by atoms with Gasteiger partial charge in [-0.1, -0.05) is 30.7 Å². The molecule has 0 unspecified atom stereocenters. The summed E-state index contributed by atoms with van der Waals surface area (Å²) in [5.41, 5.74) is 1.18. The number of rotatable bonds is 6. The number of anilines is 2. The van der Waals surface area contributed by atoms with E-state index in [1.807, 2.05) is 31.3 Å². The summed E-state index contributed by atoms with van der Waals surface area (Å²) in [4.78, 5) is 10.7. The van der Waals surface area contributed by atoms with Gasteiger partial charge in [-0.05, 0) is 40.0 Å². The maximum atomic E-state index is 5.91. The topological polar surface area (TPSA) is 41.1 Å². The fourth-order valence-electron chi connectivity index (χ4n) is 1.93. The normalized spacial score (nSPS) is 10.5. The summed E-state index contributed by atoms with van der Waals surface area (Å²) < 4.78 is 0.884. The highest BCUT2D eigenvalue weighted by molar-refractivity contribution is 9.10. The summed E-state index contributed by atoms with van der Waals surface area (Å²) in [7, 11) is 2.01. The molecular formula is C15H18BrClN4. The molecule has 0 aliphatic rings. The van der Waals surface area contributed by atoms with Crippen molar-refractivity contribution in [2.75, 3.05) is 23.8 Å². The van der Waals surface area contributed by atoms with Crippen molar-refractivity contribution >= 4 is 39.2 Å². The molecule has 0 amide bonds. The van der Waals surface area contributed by atoms with Crippen LogP contribution in [-0.4, -0.2) is 23.6 Å². The Balaban J connectivity index is 2.14. The zero-order chi connectivity index (χ0) is 15.2. The van der Waals surface area contributed by atoms with E-state index >= 15 is 0 Å². The van der Waals surface area contributed by atoms with E-state index in [2.05, 4.69) is 43.0 Å². The lowest BCUT2D eigenvalue weighted by atomic mass is 10.2. The van der Waals surface area contributed by atoms with Crippen molar-refractivity contribution in [1.82, 2.24) is 9.97 Å². The number of halogens is 2. The standard InChI is InChI=1S/C15H18BrClN4/c1-3-8-18-14-13(16)15(20-10-19-14)21(2)9-11-4-6-12(17)7-5-11/h4-7,10H,3,8-9H2,1-2H3,(H,18,19,20). The van der Waals surface area contributed by atoms with Gasteiger partial charge in [0.1, 0.15) is 22.4 Å². The second-order valence-electron chi connectivity index (χ2n) is 4.77. The van der Waals surface area contributed by atoms with Crippen LogP contribution in [0, 0.1) is 0 Å². The molecule has 0 radical (unpaired) electrons. The molecule has 0 saturated heterocycles. The van der Waals surface area contributed by atoms with Crippen molar-refractivity contribution in [1.29, 1.82) is 0 Å². The van der Waals surface area contributed by atoms with E-state index in [4.69, 9.17) is 11.6 Å². The highest BCUT2D eigenvalue weighted by Gasteiger charge is 2.12. The molecule has 112 valence electrons. The molecule has 0 fully saturated rings. The number of hydrogen-bond acceptors (Lipinski definition) is 4. The molecule has 21 heavy (non-hydrogen) atoms. The Morgan fingerprint density at radius 2 is 1.95 bits per heavy atom. The summed E-state index contributed by atoms with van der Waals surface area (Å²) in [5, 5.41) is 4.03. The highest BCUT2D eigenvalue weighted by Crippen LogP contribution is 2.29. The van der Waals surface area contributed by atoms with Crippen LogP contribution in [0.4, 0.5) is 11.6 Å². The summed E-state index contributed by atoms with van der Waals surface area (Å²) in [6, 6.07) is 7.83. The van der Waals surface area contributed by atoms with E-state index in [9.17, 15) is 0 Å². The maximum absolute atomic E-state index is 5.91. The molecule has 2 aromatic rings. The molecule has 2 rings (SSSR count). The van der Waals surface area contributed by atoms with E-state index in [1.54, 1.807) is 6.33 Å². The smallest absolute Gasteiger partial charge is 0.148 e. The van der Waals surface area contributed by atoms with Gasteiger partial charge in [0.15, 0.2) is 0 Å². The van der Waals surface area contributed by atoms with Crippen molar-refractivity contribution in [3.05, 3.63) is 45.7 Å². The minimum atomic E-state index is 0.746. The van der Waals surface area contributed by atoms with Crippen molar-refractivity contribution in [2.45, 2.75) is 19.9 Å². The quantitative estimate of drug-likeness (QED) is 0.822. The molecule has 1 aromatic heterocycles. The van der Waals surface area contributed by atoms with Crippen molar-refractivity contribution < 1.29 is 0 Å². The Hall–Kier alpha value is -1.33. The number of hydrogen-bond donors (Lipinski definition) is 1. The van der Waals surface area contributed by atoms with Crippen molar-refractivity contribution in [2.24, 2.45) is 0 Å². The number of aromatic nitrogens is 2. The highest BCUT2D eigenvalue weighted by atomic mass is 79.9. The van der Waals surface area contributed by atoms with Gasteiger partial charge in [-0.15, -0.1) is 0 Å². The van der Waals surface area contributed by atoms with Crippen LogP contribution in [0.3, 0.4) is 0 Å². The van der Waals surface area contributed by atoms with Crippen LogP contribution in [0.2, 0.25) is 5.02 Å². The predicted octanol–water partition coefficient (Wildman–Crippen LogP) is 4.35. The first-order chi connectivity index (χ1) is 10.1. The first kappa shape index (κ1) is 16.0. The minimum Gasteiger partial charge on any atom is -0.369 e. The third kappa shape index (κ3) is 4.32. The van der Waals surface area contributed by atoms with Gasteiger partial charge in [0, 0.05) is 25.2 Å². The van der Waals surface area contributed by atoms with Crippen molar-refractivity contribution in [3.8, 4) is 0 Å². The molecular weight excluding hydrogens is 352 g/mol. The second-order valence-corrected chi connectivity index (χ2v) is 6.00. The molecule has 1 aromatic carbocycles. The number of benzene rings is 1. The Kier molecular flexibility index (Phi) is 5.82. The third-order valence-corrected chi connectivity index (χ3v) is 3.99. The Bertz CT molecular complexity index is 589. The lowest BCUT2D eigenvalue weighted by Gasteiger charge is -2.20. The molecule has 0 saturated carbocycles. The average Bonchev–Trinajstić information content (AvgIpc) is 2.48. The zero-order valence-corrected chi connectivity index (χ0v) is 14.4. The molecule has 0 aliphatic heterocycles. The van der Waals surface area contributed by atoms with E-state index in [1.165, 1.54) is 5.56 Å². The summed E-state index contributed by atoms with van der Waals surface area (Å²) in [6.07, 6.45) is 2.63. The van der Waals surface area contributed by atoms with Gasteiger partial charge in [-0.25, -0.2) is 9.97 Å². The van der Waals surface area contributed by atoms with Gasteiger partial charge in [-0.2, -0.15) is 0 Å². The van der Waals surface area contributed by atoms with Gasteiger partial charge < -0.3 is 10.2 Å². The lowest BCUT2D eigenvalue weighted by molar-refractivity contribution is 0.883. The van der Waals surface area contributed by atoms with Crippen LogP contribution in [0.15, 0.2) is 35.1 Å². The monoisotopic (exact) mass is 368 g/mol. The summed E-state index contributed by atoms with van der Waals surface area (Å²) in [5.74, 6) is 1.68. The van der Waals surface area contributed by atoms with Crippen LogP contribution >= 0.6 is 27.5 Å². The van der Waals surface area contributed by atoms with E-state index in [-0.39, 0.29) is 0 Å². The molecule has 0 aliphatic carbocycles. The predicted molar refractivity (Wildman–Crippen MR) is 92.1 cm³/mol. The van der Waals surface area contributed by atoms with E-state index in [0.717, 1.165) is 40.6 Å². The van der Waals surface area contributed by atoms with Gasteiger partial charge in [0.25, 0.3) is 0 Å². The summed E-state index contributed by atoms with van der Waals surface area (Å²) in [6.45, 7) is 3.76. The first-order valence-electron chi connectivity index (χ1n) is 6.81. The van der Waals surface area contributed by atoms with Gasteiger partial charge in [-0.3, -0.25) is 0 Å². The Morgan fingerprint density at radius 3 is 2.62 bits per heavy atom. The molecule has 4 nitrogen and oxygen atoms in total. The Morgan fingerprint density at radius 1 is 1.24 bits per heavy atom. The van der Waals surface area contributed by atoms with Gasteiger partial charge in [0.05, 0.1) is 0 Å². The zero-order valence-electron chi connectivity index (χ0n) is 12.1. The minimum absolute atomic E-state index is 0.746. The summed E-state index contributed by atoms with van der Waals surface area (Å²) >= 11 is 9.50. The van der Waals surface area contributed by atoms with Crippen LogP contribution in [0.5, 0.6) is 0 Å². The van der Waals surface area contributed by atoms with Crippen LogP contribution < -0.4 is 10.2 Å². The molecule has 0 bridgehead atoms. The van der Waals surface area contributed by atoms with Crippen LogP contribution in [-0.2, 0) is 6.54 Å². The van der Waals surface area contributed by atoms with E-state index in [0.29, 0.717) is 0 Å². The van der Waals surface area contributed by atoms with E-state index < -0.39 is 0 Å². The van der Waals surface area contributed by atoms with Crippen LogP contribution in [0.25, 0.3) is 0 Å². The van der Waals surface area contributed by atoms with Crippen LogP contribution in [0.1, 0.15) is 18.9 Å². The van der Waals surface area contributed by atoms with Gasteiger partial charge in [0.2, 0.25) is 0 Å². The first-order valence-corrected chi connectivity index (χ1v) is 7.99. The largest absolute Gasteiger partial charge is 0.369 e. The fraction of sp³-hybridized carbons (Fsp3) is 0.333. The molecule has 1 heterocycles. The lowest BCUT2D eigenvalue weighted by Crippen LogP contribution is -2.19. The van der Waals surface area contributed by atoms with Gasteiger partial charge >= 0.3 is 0 Å².